The van der Waals surface area contributed by atoms with Gasteiger partial charge in [-0.15, -0.1) is 0 Å². The van der Waals surface area contributed by atoms with Gasteiger partial charge in [0, 0.05) is 37.1 Å². The van der Waals surface area contributed by atoms with Crippen molar-refractivity contribution < 1.29 is 4.39 Å². The van der Waals surface area contributed by atoms with Gasteiger partial charge in [0.2, 0.25) is 0 Å². The molecule has 6 nitrogen and oxygen atoms in total. The maximum absolute atomic E-state index is 14.0. The molecule has 5 rings (SSSR count). The van der Waals surface area contributed by atoms with Crippen LogP contribution in [0.2, 0.25) is 0 Å². The van der Waals surface area contributed by atoms with Crippen molar-refractivity contribution in [1.82, 2.24) is 23.9 Å². The predicted molar refractivity (Wildman–Crippen MR) is 111 cm³/mol. The summed E-state index contributed by atoms with van der Waals surface area (Å²) < 4.78 is 18.0. The summed E-state index contributed by atoms with van der Waals surface area (Å²) in [5, 5.41) is 3.40. The Hall–Kier alpha value is -3.74. The summed E-state index contributed by atoms with van der Waals surface area (Å²) in [6.45, 7) is 1.60. The minimum Gasteiger partial charge on any atom is -0.367 e. The Morgan fingerprint density at radius 1 is 1.07 bits per heavy atom. The Morgan fingerprint density at radius 3 is 2.79 bits per heavy atom. The van der Waals surface area contributed by atoms with Crippen LogP contribution in [0.1, 0.15) is 6.42 Å². The molecule has 0 aliphatic carbocycles. The first-order chi connectivity index (χ1) is 14.3. The monoisotopic (exact) mass is 386 g/mol. The van der Waals surface area contributed by atoms with E-state index in [1.165, 1.54) is 12.1 Å². The third-order valence-corrected chi connectivity index (χ3v) is 4.90. The van der Waals surface area contributed by atoms with Gasteiger partial charge in [0.25, 0.3) is 0 Å². The lowest BCUT2D eigenvalue weighted by molar-refractivity contribution is 0.629. The van der Waals surface area contributed by atoms with Gasteiger partial charge >= 0.3 is 0 Å². The van der Waals surface area contributed by atoms with Crippen molar-refractivity contribution in [2.45, 2.75) is 13.0 Å². The molecule has 0 saturated carbocycles. The Bertz CT molecular complexity index is 1260. The van der Waals surface area contributed by atoms with E-state index < -0.39 is 0 Å². The number of fused-ring (bicyclic) bond motifs is 3. The lowest BCUT2D eigenvalue weighted by Gasteiger charge is -2.12. The average Bonchev–Trinajstić information content (AvgIpc) is 3.42. The Labute approximate surface area is 166 Å². The van der Waals surface area contributed by atoms with Gasteiger partial charge in [0.05, 0.1) is 29.3 Å². The molecule has 7 heteroatoms. The lowest BCUT2D eigenvalue weighted by Crippen LogP contribution is -2.09. The SMILES string of the molecule is Fc1ccc2nc(NCCCn3ccnc3)c3ncc(-c4ccccc4)n3c2c1. The zero-order valence-electron chi connectivity index (χ0n) is 15.7. The van der Waals surface area contributed by atoms with Crippen LogP contribution >= 0.6 is 0 Å². The third-order valence-electron chi connectivity index (χ3n) is 4.90. The number of halogens is 1. The number of imidazole rings is 2. The number of benzene rings is 2. The highest BCUT2D eigenvalue weighted by molar-refractivity contribution is 5.86. The van der Waals surface area contributed by atoms with Crippen molar-refractivity contribution in [2.24, 2.45) is 0 Å². The van der Waals surface area contributed by atoms with Crippen LogP contribution in [0.15, 0.2) is 73.4 Å². The fourth-order valence-electron chi connectivity index (χ4n) is 3.52. The molecule has 5 aromatic rings. The largest absolute Gasteiger partial charge is 0.367 e. The van der Waals surface area contributed by atoms with Crippen LogP contribution in [-0.2, 0) is 6.54 Å². The van der Waals surface area contributed by atoms with E-state index in [9.17, 15) is 4.39 Å². The summed E-state index contributed by atoms with van der Waals surface area (Å²) in [6, 6.07) is 14.6. The van der Waals surface area contributed by atoms with Crippen molar-refractivity contribution in [3.8, 4) is 11.3 Å². The van der Waals surface area contributed by atoms with Gasteiger partial charge in [-0.25, -0.2) is 19.3 Å². The molecular weight excluding hydrogens is 367 g/mol. The molecule has 2 aromatic carbocycles. The Morgan fingerprint density at radius 2 is 1.97 bits per heavy atom. The van der Waals surface area contributed by atoms with Crippen LogP contribution < -0.4 is 5.32 Å². The fourth-order valence-corrected chi connectivity index (χ4v) is 3.52. The quantitative estimate of drug-likeness (QED) is 0.440. The van der Waals surface area contributed by atoms with Gasteiger partial charge in [-0.2, -0.15) is 0 Å². The molecule has 0 aliphatic heterocycles. The minimum atomic E-state index is -0.297. The van der Waals surface area contributed by atoms with Crippen molar-refractivity contribution in [1.29, 1.82) is 0 Å². The van der Waals surface area contributed by atoms with Crippen LogP contribution in [0.4, 0.5) is 10.2 Å². The van der Waals surface area contributed by atoms with E-state index >= 15 is 0 Å². The maximum atomic E-state index is 14.0. The molecule has 3 heterocycles. The average molecular weight is 386 g/mol. The van der Waals surface area contributed by atoms with Crippen molar-refractivity contribution in [2.75, 3.05) is 11.9 Å². The molecule has 0 amide bonds. The second-order valence-corrected chi connectivity index (χ2v) is 6.84. The van der Waals surface area contributed by atoms with Crippen molar-refractivity contribution in [3.63, 3.8) is 0 Å². The number of nitrogens with one attached hydrogen (secondary N) is 1. The van der Waals surface area contributed by atoms with E-state index in [-0.39, 0.29) is 5.82 Å². The summed E-state index contributed by atoms with van der Waals surface area (Å²) in [4.78, 5) is 13.4. The Balaban J connectivity index is 1.55. The number of aryl methyl sites for hydroxylation is 1. The Kier molecular flexibility index (Phi) is 4.40. The number of nitrogens with zero attached hydrogens (tertiary/aromatic N) is 5. The highest BCUT2D eigenvalue weighted by Gasteiger charge is 2.15. The molecule has 0 aliphatic rings. The van der Waals surface area contributed by atoms with Crippen LogP contribution in [0.25, 0.3) is 27.9 Å². The number of hydrogen-bond donors (Lipinski definition) is 1. The molecular formula is C22H19FN6. The molecule has 1 N–H and O–H groups in total. The van der Waals surface area contributed by atoms with Crippen molar-refractivity contribution in [3.05, 3.63) is 79.3 Å². The molecule has 0 bridgehead atoms. The minimum absolute atomic E-state index is 0.297. The normalized spacial score (nSPS) is 11.3. The van der Waals surface area contributed by atoms with Crippen LogP contribution in [0.5, 0.6) is 0 Å². The van der Waals surface area contributed by atoms with E-state index in [0.717, 1.165) is 30.8 Å². The number of hydrogen-bond acceptors (Lipinski definition) is 4. The number of rotatable bonds is 6. The van der Waals surface area contributed by atoms with Gasteiger partial charge in [-0.1, -0.05) is 30.3 Å². The molecule has 3 aromatic heterocycles. The first kappa shape index (κ1) is 17.4. The molecule has 0 atom stereocenters. The van der Waals surface area contributed by atoms with Gasteiger partial charge in [-0.05, 0) is 18.6 Å². The topological polar surface area (TPSA) is 60.0 Å². The van der Waals surface area contributed by atoms with Gasteiger partial charge < -0.3 is 9.88 Å². The van der Waals surface area contributed by atoms with Crippen LogP contribution in [0, 0.1) is 5.82 Å². The number of aromatic nitrogens is 5. The summed E-state index contributed by atoms with van der Waals surface area (Å²) in [7, 11) is 0. The standard InChI is InChI=1S/C22H19FN6/c23-17-7-8-18-19(13-17)29-20(16-5-2-1-3-6-16)14-26-22(29)21(27-18)25-9-4-11-28-12-10-24-15-28/h1-3,5-8,10,12-15H,4,9,11H2,(H,25,27). The fraction of sp³-hybridized carbons (Fsp3) is 0.136. The van der Waals surface area contributed by atoms with E-state index in [1.54, 1.807) is 12.3 Å². The van der Waals surface area contributed by atoms with E-state index in [4.69, 9.17) is 4.98 Å². The van der Waals surface area contributed by atoms with Crippen molar-refractivity contribution >= 4 is 22.5 Å². The molecule has 0 radical (unpaired) electrons. The second kappa shape index (κ2) is 7.35. The molecule has 0 saturated heterocycles. The molecule has 0 unspecified atom stereocenters. The second-order valence-electron chi connectivity index (χ2n) is 6.84. The first-order valence-corrected chi connectivity index (χ1v) is 9.51. The predicted octanol–water partition coefficient (Wildman–Crippen LogP) is 4.39. The molecule has 0 fully saturated rings. The van der Waals surface area contributed by atoms with E-state index in [0.29, 0.717) is 22.5 Å². The third kappa shape index (κ3) is 3.31. The zero-order chi connectivity index (χ0) is 19.6. The van der Waals surface area contributed by atoms with Gasteiger partial charge in [0.1, 0.15) is 5.82 Å². The van der Waals surface area contributed by atoms with Gasteiger partial charge in [0.15, 0.2) is 11.5 Å². The van der Waals surface area contributed by atoms with E-state index in [2.05, 4.69) is 15.3 Å². The van der Waals surface area contributed by atoms with Gasteiger partial charge in [-0.3, -0.25) is 4.40 Å². The highest BCUT2D eigenvalue weighted by Crippen LogP contribution is 2.28. The van der Waals surface area contributed by atoms with Crippen LogP contribution in [-0.4, -0.2) is 30.5 Å². The lowest BCUT2D eigenvalue weighted by atomic mass is 10.1. The maximum Gasteiger partial charge on any atom is 0.181 e. The summed E-state index contributed by atoms with van der Waals surface area (Å²) in [5.74, 6) is 0.395. The summed E-state index contributed by atoms with van der Waals surface area (Å²) >= 11 is 0. The smallest absolute Gasteiger partial charge is 0.181 e. The first-order valence-electron chi connectivity index (χ1n) is 9.51. The number of anilines is 1. The summed E-state index contributed by atoms with van der Waals surface area (Å²) in [5.41, 5.74) is 4.01. The molecule has 0 spiro atoms. The molecule has 29 heavy (non-hydrogen) atoms. The van der Waals surface area contributed by atoms with E-state index in [1.807, 2.05) is 58.0 Å². The highest BCUT2D eigenvalue weighted by atomic mass is 19.1. The van der Waals surface area contributed by atoms with Crippen LogP contribution in [0.3, 0.4) is 0 Å². The summed E-state index contributed by atoms with van der Waals surface area (Å²) in [6.07, 6.45) is 8.26. The molecule has 144 valence electrons. The zero-order valence-corrected chi connectivity index (χ0v) is 15.7.